The van der Waals surface area contributed by atoms with Crippen molar-refractivity contribution in [2.45, 2.75) is 0 Å². The summed E-state index contributed by atoms with van der Waals surface area (Å²) in [5.74, 6) is 0. The molecule has 0 aromatic carbocycles. The Bertz CT molecular complexity index is 57.9. The Morgan fingerprint density at radius 2 is 2.20 bits per heavy atom. The standard InChI is InChI=1S/C3H3O.Po.H/c1-2-3-4;;/h2H,1H2;;. The van der Waals surface area contributed by atoms with Crippen LogP contribution in [0.25, 0.3) is 0 Å². The third-order valence-corrected chi connectivity index (χ3v) is 0.884. The molecule has 0 bridgehead atoms. The molecule has 0 atom stereocenters. The minimum absolute atomic E-state index is 0.130. The molecule has 0 spiro atoms. The van der Waals surface area contributed by atoms with Gasteiger partial charge in [0.25, 0.3) is 0 Å². The predicted molar refractivity (Wildman–Crippen MR) is 22.4 cm³/mol. The molecule has 0 amide bonds. The van der Waals surface area contributed by atoms with Gasteiger partial charge in [0, 0.05) is 0 Å². The van der Waals surface area contributed by atoms with E-state index in [2.05, 4.69) is 6.58 Å². The van der Waals surface area contributed by atoms with Gasteiger partial charge in [-0.3, -0.25) is 0 Å². The van der Waals surface area contributed by atoms with Crippen LogP contribution in [-0.2, 0) is 4.79 Å². The van der Waals surface area contributed by atoms with E-state index in [4.69, 9.17) is 0 Å². The van der Waals surface area contributed by atoms with Gasteiger partial charge in [-0.05, 0) is 0 Å². The summed E-state index contributed by atoms with van der Waals surface area (Å²) in [6.45, 7) is 3.24. The van der Waals surface area contributed by atoms with Crippen LogP contribution in [-0.4, -0.2) is 28.5 Å². The first kappa shape index (κ1) is 5.31. The van der Waals surface area contributed by atoms with Crippen LogP contribution in [0.3, 0.4) is 0 Å². The molecular weight excluding hydrogens is 261 g/mol. The van der Waals surface area contributed by atoms with Crippen molar-refractivity contribution in [2.24, 2.45) is 0 Å². The van der Waals surface area contributed by atoms with Crippen molar-refractivity contribution < 1.29 is 4.79 Å². The van der Waals surface area contributed by atoms with Gasteiger partial charge in [-0.1, -0.05) is 0 Å². The normalized spacial score (nSPS) is 6.60. The summed E-state index contributed by atoms with van der Waals surface area (Å²) in [6, 6.07) is 0. The molecule has 1 nitrogen and oxygen atoms in total. The molecule has 0 aromatic heterocycles. The second-order valence-electron chi connectivity index (χ2n) is 0.542. The van der Waals surface area contributed by atoms with E-state index in [1.807, 2.05) is 0 Å². The summed E-state index contributed by atoms with van der Waals surface area (Å²) in [4.78, 5) is 9.74. The van der Waals surface area contributed by atoms with Gasteiger partial charge in [0.15, 0.2) is 0 Å². The maximum atomic E-state index is 9.74. The maximum absolute atomic E-state index is 9.74. The topological polar surface area (TPSA) is 17.1 Å². The Morgan fingerprint density at radius 3 is 2.20 bits per heavy atom. The van der Waals surface area contributed by atoms with Gasteiger partial charge in [0.05, 0.1) is 0 Å². The van der Waals surface area contributed by atoms with Crippen LogP contribution in [0.4, 0.5) is 0 Å². The van der Waals surface area contributed by atoms with Gasteiger partial charge in [-0.15, -0.1) is 0 Å². The first-order chi connectivity index (χ1) is 2.27. The van der Waals surface area contributed by atoms with Crippen LogP contribution in [0.2, 0.25) is 0 Å². The Labute approximate surface area is 46.2 Å². The Morgan fingerprint density at radius 1 is 2.00 bits per heavy atom. The second-order valence-corrected chi connectivity index (χ2v) is 2.26. The van der Waals surface area contributed by atoms with Gasteiger partial charge >= 0.3 is 46.0 Å². The summed E-state index contributed by atoms with van der Waals surface area (Å²) in [5, 5.41) is 0. The minimum atomic E-state index is 0.130. The fourth-order valence-corrected chi connectivity index (χ4v) is 0. The molecule has 2 heteroatoms. The van der Waals surface area contributed by atoms with Crippen LogP contribution in [0.1, 0.15) is 0 Å². The van der Waals surface area contributed by atoms with Crippen LogP contribution < -0.4 is 0 Å². The second kappa shape index (κ2) is 2.54. The molecule has 0 aliphatic heterocycles. The summed E-state index contributed by atoms with van der Waals surface area (Å²) < 4.78 is 0.130. The van der Waals surface area contributed by atoms with Crippen molar-refractivity contribution in [3.63, 3.8) is 0 Å². The molecule has 0 aliphatic carbocycles. The first-order valence-electron chi connectivity index (χ1n) is 1.12. The first-order valence-corrected chi connectivity index (χ1v) is 2.86. The summed E-state index contributed by atoms with van der Waals surface area (Å²) in [6.07, 6.45) is 1.33. The molecule has 28 valence electrons. The SMILES string of the molecule is C=C[C](=O)[PoH]. The molecule has 0 N–H and O–H groups in total. The van der Waals surface area contributed by atoms with Crippen LogP contribution >= 0.6 is 0 Å². The van der Waals surface area contributed by atoms with E-state index in [9.17, 15) is 4.79 Å². The number of carbonyl (C=O) groups excluding carboxylic acids is 1. The van der Waals surface area contributed by atoms with E-state index in [0.717, 1.165) is 25.1 Å². The van der Waals surface area contributed by atoms with Gasteiger partial charge in [0.1, 0.15) is 0 Å². The van der Waals surface area contributed by atoms with Crippen LogP contribution in [0, 0.1) is 0 Å². The predicted octanol–water partition coefficient (Wildman–Crippen LogP) is -0.400. The van der Waals surface area contributed by atoms with Crippen LogP contribution in [0.5, 0.6) is 0 Å². The van der Waals surface area contributed by atoms with Crippen molar-refractivity contribution in [1.29, 1.82) is 0 Å². The Hall–Kier alpha value is 0.306. The van der Waals surface area contributed by atoms with E-state index >= 15 is 0 Å². The molecule has 0 saturated heterocycles. The zero-order chi connectivity index (χ0) is 4.28. The molecule has 0 rings (SSSR count). The van der Waals surface area contributed by atoms with Crippen molar-refractivity contribution in [2.75, 3.05) is 0 Å². The van der Waals surface area contributed by atoms with E-state index in [1.54, 1.807) is 0 Å². The molecule has 0 saturated carbocycles. The van der Waals surface area contributed by atoms with Crippen molar-refractivity contribution in [3.05, 3.63) is 12.7 Å². The number of hydrogen-bond donors (Lipinski definition) is 0. The number of carbonyl (C=O) groups is 1. The van der Waals surface area contributed by atoms with E-state index in [-0.39, 0.29) is 3.44 Å². The van der Waals surface area contributed by atoms with Gasteiger partial charge in [-0.25, -0.2) is 0 Å². The summed E-state index contributed by atoms with van der Waals surface area (Å²) in [5.41, 5.74) is 0. The van der Waals surface area contributed by atoms with E-state index in [1.165, 1.54) is 6.08 Å². The monoisotopic (exact) mass is 265 g/mol. The van der Waals surface area contributed by atoms with E-state index < -0.39 is 0 Å². The zero-order valence-corrected chi connectivity index (χ0v) is 6.12. The molecule has 0 aromatic rings. The third kappa shape index (κ3) is 4.31. The summed E-state index contributed by atoms with van der Waals surface area (Å²) >= 11 is 0.783. The molecule has 0 aliphatic rings. The number of hydrogen-bond acceptors (Lipinski definition) is 1. The van der Waals surface area contributed by atoms with Gasteiger partial charge in [0.2, 0.25) is 0 Å². The molecular formula is C3H4OPo. The number of rotatable bonds is 1. The third-order valence-electron chi connectivity index (χ3n) is 0.175. The fraction of sp³-hybridized carbons (Fsp3) is 0. The van der Waals surface area contributed by atoms with Gasteiger partial charge in [-0.2, -0.15) is 0 Å². The fourth-order valence-electron chi connectivity index (χ4n) is 0. The molecule has 0 unspecified atom stereocenters. The Kier molecular flexibility index (Phi) is 2.69. The molecule has 0 heterocycles. The molecule has 5 heavy (non-hydrogen) atoms. The van der Waals surface area contributed by atoms with Crippen LogP contribution in [0.15, 0.2) is 12.7 Å². The number of allylic oxidation sites excluding steroid dienone is 1. The molecule has 0 radical (unpaired) electrons. The Balaban J connectivity index is 3.20. The van der Waals surface area contributed by atoms with Crippen molar-refractivity contribution >= 4 is 28.5 Å². The van der Waals surface area contributed by atoms with Crippen molar-refractivity contribution in [3.8, 4) is 0 Å². The zero-order valence-electron chi connectivity index (χ0n) is 2.64. The van der Waals surface area contributed by atoms with E-state index in [0.29, 0.717) is 0 Å². The van der Waals surface area contributed by atoms with Crippen molar-refractivity contribution in [1.82, 2.24) is 0 Å². The average molecular weight is 265 g/mol. The molecule has 0 fully saturated rings. The van der Waals surface area contributed by atoms with Gasteiger partial charge < -0.3 is 0 Å². The average Bonchev–Trinajstić information content (AvgIpc) is 1.38. The quantitative estimate of drug-likeness (QED) is 0.590. The summed E-state index contributed by atoms with van der Waals surface area (Å²) in [7, 11) is 0.